The van der Waals surface area contributed by atoms with Gasteiger partial charge in [-0.1, -0.05) is 6.07 Å². The quantitative estimate of drug-likeness (QED) is 0.819. The van der Waals surface area contributed by atoms with Crippen molar-refractivity contribution < 1.29 is 0 Å². The van der Waals surface area contributed by atoms with E-state index in [1.165, 1.54) is 0 Å². The topological polar surface area (TPSA) is 47.8 Å². The zero-order chi connectivity index (χ0) is 14.3. The van der Waals surface area contributed by atoms with Crippen LogP contribution < -0.4 is 0 Å². The lowest BCUT2D eigenvalue weighted by Gasteiger charge is -2.35. The van der Waals surface area contributed by atoms with E-state index in [-0.39, 0.29) is 0 Å². The number of benzene rings is 1. The third-order valence-electron chi connectivity index (χ3n) is 4.42. The molecule has 1 saturated heterocycles. The number of para-hydroxylation sites is 1. The summed E-state index contributed by atoms with van der Waals surface area (Å²) in [6.07, 6.45) is 2.19. The molecule has 2 aromatic rings. The second-order valence-corrected chi connectivity index (χ2v) is 6.01. The van der Waals surface area contributed by atoms with E-state index in [0.717, 1.165) is 35.2 Å². The Morgan fingerprint density at radius 3 is 2.95 bits per heavy atom. The molecule has 0 spiro atoms. The minimum atomic E-state index is 0.413. The van der Waals surface area contributed by atoms with Crippen LogP contribution in [0.1, 0.15) is 31.4 Å². The van der Waals surface area contributed by atoms with E-state index in [1.807, 2.05) is 18.2 Å². The molecule has 0 saturated carbocycles. The van der Waals surface area contributed by atoms with E-state index in [4.69, 9.17) is 12.2 Å². The molecule has 1 aliphatic rings. The zero-order valence-electron chi connectivity index (χ0n) is 11.8. The van der Waals surface area contributed by atoms with E-state index in [9.17, 15) is 5.26 Å². The summed E-state index contributed by atoms with van der Waals surface area (Å²) in [6, 6.07) is 9.00. The second-order valence-electron chi connectivity index (χ2n) is 5.62. The number of imidazole rings is 1. The van der Waals surface area contributed by atoms with Crippen molar-refractivity contribution in [1.82, 2.24) is 14.5 Å². The number of nitrogens with zero attached hydrogens (tertiary/aromatic N) is 3. The fourth-order valence-electron chi connectivity index (χ4n) is 3.10. The molecule has 0 radical (unpaired) electrons. The van der Waals surface area contributed by atoms with Gasteiger partial charge in [0, 0.05) is 18.6 Å². The lowest BCUT2D eigenvalue weighted by atomic mass is 9.98. The molecular weight excluding hydrogens is 268 g/mol. The van der Waals surface area contributed by atoms with Crippen LogP contribution in [-0.4, -0.2) is 34.1 Å². The van der Waals surface area contributed by atoms with Crippen molar-refractivity contribution in [2.45, 2.75) is 31.8 Å². The van der Waals surface area contributed by atoms with Crippen LogP contribution in [-0.2, 0) is 0 Å². The van der Waals surface area contributed by atoms with E-state index >= 15 is 0 Å². The Balaban J connectivity index is 2.11. The molecule has 2 unspecified atom stereocenters. The Morgan fingerprint density at radius 2 is 2.25 bits per heavy atom. The summed E-state index contributed by atoms with van der Waals surface area (Å²) in [5.74, 6) is 0. The monoisotopic (exact) mass is 286 g/mol. The summed E-state index contributed by atoms with van der Waals surface area (Å²) in [4.78, 5) is 5.60. The predicted octanol–water partition coefficient (Wildman–Crippen LogP) is 3.23. The van der Waals surface area contributed by atoms with Gasteiger partial charge in [0.1, 0.15) is 6.07 Å². The van der Waals surface area contributed by atoms with Gasteiger partial charge >= 0.3 is 0 Å². The highest BCUT2D eigenvalue weighted by atomic mass is 32.1. The number of likely N-dealkylation sites (tertiary alicyclic amines) is 1. The van der Waals surface area contributed by atoms with Crippen molar-refractivity contribution in [3.63, 3.8) is 0 Å². The molecule has 20 heavy (non-hydrogen) atoms. The lowest BCUT2D eigenvalue weighted by Crippen LogP contribution is -2.38. The van der Waals surface area contributed by atoms with Crippen LogP contribution >= 0.6 is 12.2 Å². The Morgan fingerprint density at radius 1 is 1.45 bits per heavy atom. The van der Waals surface area contributed by atoms with Crippen LogP contribution in [0.5, 0.6) is 0 Å². The number of aromatic nitrogens is 2. The number of H-pyrrole nitrogens is 1. The van der Waals surface area contributed by atoms with Crippen LogP contribution in [0, 0.1) is 16.1 Å². The maximum atomic E-state index is 9.20. The van der Waals surface area contributed by atoms with Crippen LogP contribution in [0.2, 0.25) is 0 Å². The molecule has 104 valence electrons. The first-order valence-corrected chi connectivity index (χ1v) is 7.36. The lowest BCUT2D eigenvalue weighted by molar-refractivity contribution is 0.158. The number of fused-ring (bicyclic) bond motifs is 1. The fraction of sp³-hybridized carbons (Fsp3) is 0.467. The van der Waals surface area contributed by atoms with Crippen molar-refractivity contribution in [2.24, 2.45) is 0 Å². The maximum Gasteiger partial charge on any atom is 0.178 e. The van der Waals surface area contributed by atoms with E-state index < -0.39 is 0 Å². The van der Waals surface area contributed by atoms with Gasteiger partial charge in [-0.15, -0.1) is 0 Å². The van der Waals surface area contributed by atoms with Gasteiger partial charge in [-0.3, -0.25) is 0 Å². The highest BCUT2D eigenvalue weighted by Gasteiger charge is 2.25. The van der Waals surface area contributed by atoms with Crippen molar-refractivity contribution in [3.05, 3.63) is 28.5 Å². The Hall–Kier alpha value is -1.64. The van der Waals surface area contributed by atoms with Crippen LogP contribution in [0.4, 0.5) is 0 Å². The molecule has 1 fully saturated rings. The number of hydrogen-bond acceptors (Lipinski definition) is 3. The van der Waals surface area contributed by atoms with Gasteiger partial charge in [-0.25, -0.2) is 0 Å². The first-order valence-electron chi connectivity index (χ1n) is 6.95. The number of nitrogens with one attached hydrogen (secondary N) is 1. The number of aromatic amines is 1. The smallest absolute Gasteiger partial charge is 0.178 e. The Labute approximate surface area is 123 Å². The molecule has 0 aliphatic carbocycles. The molecule has 4 nitrogen and oxygen atoms in total. The summed E-state index contributed by atoms with van der Waals surface area (Å²) in [5, 5.41) is 9.20. The number of rotatable bonds is 1. The fourth-order valence-corrected chi connectivity index (χ4v) is 3.45. The van der Waals surface area contributed by atoms with Crippen molar-refractivity contribution >= 4 is 23.3 Å². The van der Waals surface area contributed by atoms with Gasteiger partial charge in [-0.2, -0.15) is 5.26 Å². The van der Waals surface area contributed by atoms with Gasteiger partial charge < -0.3 is 14.5 Å². The highest BCUT2D eigenvalue weighted by Crippen LogP contribution is 2.30. The molecule has 5 heteroatoms. The Kier molecular flexibility index (Phi) is 3.36. The minimum absolute atomic E-state index is 0.413. The average Bonchev–Trinajstić information content (AvgIpc) is 2.78. The largest absolute Gasteiger partial charge is 0.329 e. The Bertz CT molecular complexity index is 736. The van der Waals surface area contributed by atoms with Crippen LogP contribution in [0.25, 0.3) is 11.0 Å². The molecule has 1 aromatic carbocycles. The van der Waals surface area contributed by atoms with Gasteiger partial charge in [0.2, 0.25) is 0 Å². The summed E-state index contributed by atoms with van der Waals surface area (Å²) in [5.41, 5.74) is 2.58. The van der Waals surface area contributed by atoms with Gasteiger partial charge in [0.25, 0.3) is 0 Å². The molecule has 1 aromatic heterocycles. The van der Waals surface area contributed by atoms with Crippen LogP contribution in [0.3, 0.4) is 0 Å². The van der Waals surface area contributed by atoms with E-state index in [1.54, 1.807) is 0 Å². The SMILES string of the molecule is CC1CC(n2c(=S)[nH]c3c(C#N)cccc32)CCN1C. The molecule has 0 amide bonds. The maximum absolute atomic E-state index is 9.20. The minimum Gasteiger partial charge on any atom is -0.329 e. The molecule has 0 bridgehead atoms. The molecule has 2 heterocycles. The van der Waals surface area contributed by atoms with Crippen molar-refractivity contribution in [3.8, 4) is 6.07 Å². The van der Waals surface area contributed by atoms with Crippen molar-refractivity contribution in [2.75, 3.05) is 13.6 Å². The average molecular weight is 286 g/mol. The summed E-state index contributed by atoms with van der Waals surface area (Å²) < 4.78 is 2.93. The van der Waals surface area contributed by atoms with Crippen molar-refractivity contribution in [1.29, 1.82) is 5.26 Å². The third kappa shape index (κ3) is 2.05. The third-order valence-corrected chi connectivity index (χ3v) is 4.72. The second kappa shape index (κ2) is 5.04. The summed E-state index contributed by atoms with van der Waals surface area (Å²) in [7, 11) is 2.17. The van der Waals surface area contributed by atoms with Crippen LogP contribution in [0.15, 0.2) is 18.2 Å². The van der Waals surface area contributed by atoms with Gasteiger partial charge in [-0.05, 0) is 51.2 Å². The first kappa shape index (κ1) is 13.3. The first-order chi connectivity index (χ1) is 9.61. The molecule has 3 rings (SSSR count). The van der Waals surface area contributed by atoms with Gasteiger partial charge in [0.15, 0.2) is 4.77 Å². The summed E-state index contributed by atoms with van der Waals surface area (Å²) in [6.45, 7) is 3.34. The summed E-state index contributed by atoms with van der Waals surface area (Å²) >= 11 is 5.49. The number of hydrogen-bond donors (Lipinski definition) is 1. The van der Waals surface area contributed by atoms with Gasteiger partial charge in [0.05, 0.1) is 16.6 Å². The molecule has 1 aliphatic heterocycles. The van der Waals surface area contributed by atoms with E-state index in [0.29, 0.717) is 17.6 Å². The number of piperidine rings is 1. The standard InChI is InChI=1S/C15H18N4S/c1-10-8-12(6-7-18(10)2)19-13-5-3-4-11(9-16)14(13)17-15(19)20/h3-5,10,12H,6-8H2,1-2H3,(H,17,20). The highest BCUT2D eigenvalue weighted by molar-refractivity contribution is 7.71. The molecule has 1 N–H and O–H groups in total. The van der Waals surface area contributed by atoms with E-state index in [2.05, 4.69) is 34.5 Å². The predicted molar refractivity (Wildman–Crippen MR) is 82.2 cm³/mol. The normalized spacial score (nSPS) is 23.9. The molecule has 2 atom stereocenters. The number of nitriles is 1. The molecular formula is C15H18N4S. The zero-order valence-corrected chi connectivity index (χ0v) is 12.6.